The van der Waals surface area contributed by atoms with Crippen LogP contribution in [0.15, 0.2) is 0 Å². The lowest BCUT2D eigenvalue weighted by molar-refractivity contribution is -0.128. The number of nitrogens with one attached hydrogen (secondary N) is 2. The zero-order valence-electron chi connectivity index (χ0n) is 9.51. The van der Waals surface area contributed by atoms with Crippen LogP contribution in [-0.4, -0.2) is 31.4 Å². The van der Waals surface area contributed by atoms with Crippen LogP contribution in [0.4, 0.5) is 0 Å². The lowest BCUT2D eigenvalue weighted by Gasteiger charge is -2.12. The summed E-state index contributed by atoms with van der Waals surface area (Å²) in [5.41, 5.74) is 5.41. The summed E-state index contributed by atoms with van der Waals surface area (Å²) in [6.07, 6.45) is 1.58. The molecule has 5 nitrogen and oxygen atoms in total. The second-order valence-corrected chi connectivity index (χ2v) is 3.41. The number of carbonyl (C=O) groups is 2. The van der Waals surface area contributed by atoms with Gasteiger partial charge in [-0.2, -0.15) is 0 Å². The van der Waals surface area contributed by atoms with Crippen molar-refractivity contribution in [3.63, 3.8) is 0 Å². The van der Waals surface area contributed by atoms with Gasteiger partial charge < -0.3 is 16.4 Å². The molecular weight excluding hydrogens is 194 g/mol. The maximum atomic E-state index is 11.4. The van der Waals surface area contributed by atoms with Crippen molar-refractivity contribution in [2.45, 2.75) is 26.7 Å². The van der Waals surface area contributed by atoms with Crippen molar-refractivity contribution < 1.29 is 9.59 Å². The van der Waals surface area contributed by atoms with Crippen molar-refractivity contribution >= 4 is 11.8 Å². The van der Waals surface area contributed by atoms with Crippen LogP contribution in [0.1, 0.15) is 26.7 Å². The molecule has 1 atom stereocenters. The molecule has 88 valence electrons. The molecule has 0 saturated carbocycles. The Labute approximate surface area is 90.8 Å². The number of hydrogen-bond acceptors (Lipinski definition) is 3. The van der Waals surface area contributed by atoms with Gasteiger partial charge in [-0.1, -0.05) is 13.8 Å². The summed E-state index contributed by atoms with van der Waals surface area (Å²) in [4.78, 5) is 22.6. The van der Waals surface area contributed by atoms with Gasteiger partial charge in [-0.15, -0.1) is 0 Å². The highest BCUT2D eigenvalue weighted by atomic mass is 16.2. The molecule has 5 heteroatoms. The van der Waals surface area contributed by atoms with Crippen molar-refractivity contribution in [3.05, 3.63) is 0 Å². The van der Waals surface area contributed by atoms with Gasteiger partial charge in [0.1, 0.15) is 0 Å². The molecule has 0 aromatic rings. The van der Waals surface area contributed by atoms with E-state index in [0.717, 1.165) is 6.42 Å². The number of hydrogen-bond donors (Lipinski definition) is 3. The van der Waals surface area contributed by atoms with Crippen molar-refractivity contribution in [1.29, 1.82) is 0 Å². The van der Waals surface area contributed by atoms with Crippen LogP contribution in [0.3, 0.4) is 0 Å². The first-order valence-electron chi connectivity index (χ1n) is 5.40. The predicted molar refractivity (Wildman–Crippen MR) is 59.1 cm³/mol. The molecule has 0 heterocycles. The number of nitrogens with two attached hydrogens (primary N) is 1. The molecule has 0 aromatic carbocycles. The minimum atomic E-state index is -0.191. The quantitative estimate of drug-likeness (QED) is 0.541. The summed E-state index contributed by atoms with van der Waals surface area (Å²) in [5, 5.41) is 5.24. The van der Waals surface area contributed by atoms with Gasteiger partial charge in [0.15, 0.2) is 0 Å². The Morgan fingerprint density at radius 3 is 2.40 bits per heavy atom. The third-order valence-electron chi connectivity index (χ3n) is 2.14. The number of rotatable bonds is 7. The van der Waals surface area contributed by atoms with Gasteiger partial charge in [-0.25, -0.2) is 0 Å². The van der Waals surface area contributed by atoms with Crippen molar-refractivity contribution in [1.82, 2.24) is 10.6 Å². The van der Waals surface area contributed by atoms with Crippen molar-refractivity contribution in [2.24, 2.45) is 11.7 Å². The zero-order valence-corrected chi connectivity index (χ0v) is 9.51. The Balaban J connectivity index is 3.74. The van der Waals surface area contributed by atoms with Gasteiger partial charge in [0.05, 0.1) is 6.54 Å². The Morgan fingerprint density at radius 1 is 1.27 bits per heavy atom. The Hall–Kier alpha value is -1.10. The van der Waals surface area contributed by atoms with E-state index in [0.29, 0.717) is 19.5 Å². The highest BCUT2D eigenvalue weighted by Gasteiger charge is 2.14. The topological polar surface area (TPSA) is 84.2 Å². The minimum absolute atomic E-state index is 0.0370. The van der Waals surface area contributed by atoms with E-state index in [4.69, 9.17) is 5.73 Å². The molecule has 0 aliphatic carbocycles. The third-order valence-corrected chi connectivity index (χ3v) is 2.14. The highest BCUT2D eigenvalue weighted by molar-refractivity contribution is 5.85. The van der Waals surface area contributed by atoms with E-state index in [1.807, 2.05) is 13.8 Å². The highest BCUT2D eigenvalue weighted by Crippen LogP contribution is 1.98. The molecule has 0 saturated heterocycles. The van der Waals surface area contributed by atoms with Gasteiger partial charge in [0.2, 0.25) is 11.8 Å². The van der Waals surface area contributed by atoms with Crippen LogP contribution in [0, 0.1) is 5.92 Å². The largest absolute Gasteiger partial charge is 0.355 e. The van der Waals surface area contributed by atoms with E-state index in [2.05, 4.69) is 10.6 Å². The third kappa shape index (κ3) is 6.06. The molecule has 0 spiro atoms. The van der Waals surface area contributed by atoms with E-state index in [-0.39, 0.29) is 24.3 Å². The molecule has 1 unspecified atom stereocenters. The monoisotopic (exact) mass is 215 g/mol. The Bertz CT molecular complexity index is 203. The average molecular weight is 215 g/mol. The van der Waals surface area contributed by atoms with Crippen LogP contribution >= 0.6 is 0 Å². The van der Waals surface area contributed by atoms with Crippen LogP contribution in [-0.2, 0) is 9.59 Å². The van der Waals surface area contributed by atoms with Crippen molar-refractivity contribution in [2.75, 3.05) is 19.6 Å². The molecule has 0 radical (unpaired) electrons. The summed E-state index contributed by atoms with van der Waals surface area (Å²) in [7, 11) is 0. The zero-order chi connectivity index (χ0) is 11.7. The second kappa shape index (κ2) is 8.23. The van der Waals surface area contributed by atoms with Crippen LogP contribution < -0.4 is 16.4 Å². The van der Waals surface area contributed by atoms with Crippen LogP contribution in [0.2, 0.25) is 0 Å². The molecule has 0 bridgehead atoms. The van der Waals surface area contributed by atoms with Crippen molar-refractivity contribution in [3.8, 4) is 0 Å². The first kappa shape index (κ1) is 13.9. The summed E-state index contributed by atoms with van der Waals surface area (Å²) in [5.74, 6) is -0.493. The molecule has 0 rings (SSSR count). The lowest BCUT2D eigenvalue weighted by atomic mass is 10.1. The standard InChI is InChI=1S/C10H21N3O2/c1-3-5-12-9(14)7-13-10(15)8(4-2)6-11/h8H,3-7,11H2,1-2H3,(H,12,14)(H,13,15). The molecule has 0 aliphatic rings. The maximum Gasteiger partial charge on any atom is 0.239 e. The fraction of sp³-hybridized carbons (Fsp3) is 0.800. The molecule has 0 aliphatic heterocycles. The average Bonchev–Trinajstić information content (AvgIpc) is 2.25. The molecule has 15 heavy (non-hydrogen) atoms. The summed E-state index contributed by atoms with van der Waals surface area (Å²) < 4.78 is 0. The van der Waals surface area contributed by atoms with E-state index in [9.17, 15) is 9.59 Å². The van der Waals surface area contributed by atoms with Gasteiger partial charge in [0, 0.05) is 19.0 Å². The first-order chi connectivity index (χ1) is 7.15. The predicted octanol–water partition coefficient (Wildman–Crippen LogP) is -0.386. The summed E-state index contributed by atoms with van der Waals surface area (Å²) in [6, 6.07) is 0. The Kier molecular flexibility index (Phi) is 7.62. The van der Waals surface area contributed by atoms with E-state index in [1.54, 1.807) is 0 Å². The fourth-order valence-corrected chi connectivity index (χ4v) is 1.10. The Morgan fingerprint density at radius 2 is 1.93 bits per heavy atom. The molecule has 0 fully saturated rings. The van der Waals surface area contributed by atoms with Gasteiger partial charge in [-0.05, 0) is 12.8 Å². The lowest BCUT2D eigenvalue weighted by Crippen LogP contribution is -2.41. The SMILES string of the molecule is CCCNC(=O)CNC(=O)C(CC)CN. The van der Waals surface area contributed by atoms with Crippen LogP contribution in [0.25, 0.3) is 0 Å². The molecular formula is C10H21N3O2. The molecule has 0 aromatic heterocycles. The molecule has 4 N–H and O–H groups in total. The maximum absolute atomic E-state index is 11.4. The normalized spacial score (nSPS) is 11.9. The number of amides is 2. The van der Waals surface area contributed by atoms with E-state index >= 15 is 0 Å². The number of carbonyl (C=O) groups excluding carboxylic acids is 2. The summed E-state index contributed by atoms with van der Waals surface area (Å²) in [6.45, 7) is 4.87. The summed E-state index contributed by atoms with van der Waals surface area (Å²) >= 11 is 0. The second-order valence-electron chi connectivity index (χ2n) is 3.41. The van der Waals surface area contributed by atoms with E-state index < -0.39 is 0 Å². The van der Waals surface area contributed by atoms with Gasteiger partial charge in [-0.3, -0.25) is 9.59 Å². The van der Waals surface area contributed by atoms with E-state index in [1.165, 1.54) is 0 Å². The van der Waals surface area contributed by atoms with Gasteiger partial charge in [0.25, 0.3) is 0 Å². The fourth-order valence-electron chi connectivity index (χ4n) is 1.10. The molecule has 2 amide bonds. The van der Waals surface area contributed by atoms with Crippen LogP contribution in [0.5, 0.6) is 0 Å². The van der Waals surface area contributed by atoms with Gasteiger partial charge >= 0.3 is 0 Å². The smallest absolute Gasteiger partial charge is 0.239 e. The first-order valence-corrected chi connectivity index (χ1v) is 5.40. The minimum Gasteiger partial charge on any atom is -0.355 e.